The first-order chi connectivity index (χ1) is 33.7. The summed E-state index contributed by atoms with van der Waals surface area (Å²) >= 11 is 0. The average Bonchev–Trinajstić information content (AvgIpc) is 3.34. The minimum Gasteiger partial charge on any atom is -0.311 e. The molecule has 3 nitrogen and oxygen atoms in total. The molecule has 71 heavy (non-hydrogen) atoms. The Hall–Kier alpha value is -6.78. The van der Waals surface area contributed by atoms with E-state index in [1.807, 2.05) is 0 Å². The van der Waals surface area contributed by atoms with Gasteiger partial charge in [-0.3, -0.25) is 0 Å². The third-order valence-corrected chi connectivity index (χ3v) is 16.8. The molecule has 0 fully saturated rings. The molecule has 8 aromatic rings. The van der Waals surface area contributed by atoms with E-state index in [1.54, 1.807) is 0 Å². The van der Waals surface area contributed by atoms with Crippen LogP contribution >= 0.6 is 0 Å². The lowest BCUT2D eigenvalue weighted by atomic mass is 9.33. The molecule has 0 radical (unpaired) electrons. The number of nitrogens with zero attached hydrogens (tertiary/aromatic N) is 3. The normalized spacial score (nSPS) is 17.3. The number of rotatable bonds is 4. The number of fused-ring (bicyclic) bond motifs is 10. The molecule has 0 N–H and O–H groups in total. The van der Waals surface area contributed by atoms with E-state index < -0.39 is 0 Å². The highest BCUT2D eigenvalue weighted by Crippen LogP contribution is 2.56. The molecule has 0 amide bonds. The van der Waals surface area contributed by atoms with E-state index in [1.165, 1.54) is 95.0 Å². The van der Waals surface area contributed by atoms with Gasteiger partial charge >= 0.3 is 0 Å². The predicted molar refractivity (Wildman–Crippen MR) is 305 cm³/mol. The van der Waals surface area contributed by atoms with Crippen LogP contribution in [0.5, 0.6) is 0 Å². The molecule has 0 saturated carbocycles. The standard InChI is InChI=1S/C67H68BN3/c1-63(2,3)44-22-20-28-50(36-44)70-58-38-46(65(7,8)9)29-31-55(58)68-56-41-53-54-42-59(56)71(61-40-51(39-60(70)62(61)68)69(48-24-15-13-16-25-48)49-26-17-14-18-27-49)57-32-30-45(64(4,5)6)37-52(57)43-21-19-23-47(35-43)67(54,12)34-33-66(53,10)11/h13-32,35-42H,33-34H2,1-12H3. The fourth-order valence-electron chi connectivity index (χ4n) is 12.5. The van der Waals surface area contributed by atoms with Crippen LogP contribution in [0.1, 0.15) is 129 Å². The maximum atomic E-state index is 2.70. The van der Waals surface area contributed by atoms with Gasteiger partial charge in [0.15, 0.2) is 0 Å². The van der Waals surface area contributed by atoms with E-state index in [-0.39, 0.29) is 33.8 Å². The van der Waals surface area contributed by atoms with E-state index in [0.717, 1.165) is 29.9 Å². The van der Waals surface area contributed by atoms with Crippen LogP contribution in [0.4, 0.5) is 51.2 Å². The molecular weight excluding hydrogens is 858 g/mol. The predicted octanol–water partition coefficient (Wildman–Crippen LogP) is 16.5. The van der Waals surface area contributed by atoms with Crippen LogP contribution in [0.3, 0.4) is 0 Å². The van der Waals surface area contributed by atoms with Crippen molar-refractivity contribution in [3.05, 3.63) is 203 Å². The maximum absolute atomic E-state index is 2.70. The van der Waals surface area contributed by atoms with Crippen LogP contribution < -0.4 is 31.1 Å². The van der Waals surface area contributed by atoms with Gasteiger partial charge in [-0.25, -0.2) is 0 Å². The summed E-state index contributed by atoms with van der Waals surface area (Å²) in [5.74, 6) is 0. The second-order valence-corrected chi connectivity index (χ2v) is 25.1. The van der Waals surface area contributed by atoms with Crippen LogP contribution in [-0.2, 0) is 27.1 Å². The van der Waals surface area contributed by atoms with Gasteiger partial charge in [0.2, 0.25) is 0 Å². The summed E-state index contributed by atoms with van der Waals surface area (Å²) in [6.45, 7) is 28.6. The fourth-order valence-corrected chi connectivity index (χ4v) is 12.5. The Labute approximate surface area is 424 Å². The lowest BCUT2D eigenvalue weighted by Crippen LogP contribution is -2.62. The van der Waals surface area contributed by atoms with Gasteiger partial charge in [0.1, 0.15) is 0 Å². The van der Waals surface area contributed by atoms with E-state index in [0.29, 0.717) is 0 Å². The zero-order valence-electron chi connectivity index (χ0n) is 44.0. The van der Waals surface area contributed by atoms with Crippen LogP contribution in [-0.4, -0.2) is 6.71 Å². The van der Waals surface area contributed by atoms with Crippen molar-refractivity contribution in [2.24, 2.45) is 0 Å². The molecule has 12 rings (SSSR count). The van der Waals surface area contributed by atoms with Crippen LogP contribution in [0.2, 0.25) is 0 Å². The second kappa shape index (κ2) is 15.6. The van der Waals surface area contributed by atoms with E-state index >= 15 is 0 Å². The second-order valence-electron chi connectivity index (χ2n) is 25.1. The lowest BCUT2D eigenvalue weighted by Gasteiger charge is -2.49. The van der Waals surface area contributed by atoms with Gasteiger partial charge in [0, 0.05) is 50.8 Å². The summed E-state index contributed by atoms with van der Waals surface area (Å²) in [6.07, 6.45) is 2.20. The molecule has 354 valence electrons. The molecule has 3 aliphatic heterocycles. The molecule has 4 heteroatoms. The Morgan fingerprint density at radius 3 is 1.69 bits per heavy atom. The Balaban J connectivity index is 1.28. The van der Waals surface area contributed by atoms with Gasteiger partial charge in [-0.15, -0.1) is 0 Å². The fraction of sp³-hybridized carbons (Fsp3) is 0.284. The third-order valence-electron chi connectivity index (χ3n) is 16.8. The zero-order valence-corrected chi connectivity index (χ0v) is 44.0. The molecule has 0 spiro atoms. The molecule has 1 aliphatic carbocycles. The molecule has 0 saturated heterocycles. The zero-order chi connectivity index (χ0) is 49.6. The van der Waals surface area contributed by atoms with E-state index in [2.05, 4.69) is 268 Å². The largest absolute Gasteiger partial charge is 0.311 e. The van der Waals surface area contributed by atoms with Gasteiger partial charge in [-0.1, -0.05) is 180 Å². The first kappa shape index (κ1) is 45.4. The summed E-state index contributed by atoms with van der Waals surface area (Å²) in [5.41, 5.74) is 25.3. The monoisotopic (exact) mass is 926 g/mol. The maximum Gasteiger partial charge on any atom is 0.252 e. The van der Waals surface area contributed by atoms with Crippen molar-refractivity contribution in [3.8, 4) is 11.1 Å². The number of hydrogen-bond acceptors (Lipinski definition) is 3. The Morgan fingerprint density at radius 2 is 1.03 bits per heavy atom. The minimum atomic E-state index is -0.174. The lowest BCUT2D eigenvalue weighted by molar-refractivity contribution is 0.350. The molecule has 1 unspecified atom stereocenters. The molecule has 4 bridgehead atoms. The molecule has 0 aromatic heterocycles. The third kappa shape index (κ3) is 7.14. The van der Waals surface area contributed by atoms with E-state index in [4.69, 9.17) is 0 Å². The summed E-state index contributed by atoms with van der Waals surface area (Å²) in [6, 6.07) is 66.1. The van der Waals surface area contributed by atoms with Crippen molar-refractivity contribution >= 4 is 74.3 Å². The molecule has 8 aromatic carbocycles. The quantitative estimate of drug-likeness (QED) is 0.163. The van der Waals surface area contributed by atoms with Gasteiger partial charge in [-0.2, -0.15) is 0 Å². The van der Waals surface area contributed by atoms with Crippen molar-refractivity contribution in [2.75, 3.05) is 14.7 Å². The summed E-state index contributed by atoms with van der Waals surface area (Å²) in [5, 5.41) is 0. The van der Waals surface area contributed by atoms with Crippen LogP contribution in [0.25, 0.3) is 11.1 Å². The first-order valence-corrected chi connectivity index (χ1v) is 26.1. The smallest absolute Gasteiger partial charge is 0.252 e. The van der Waals surface area contributed by atoms with Gasteiger partial charge < -0.3 is 14.7 Å². The summed E-state index contributed by atoms with van der Waals surface area (Å²) < 4.78 is 0. The van der Waals surface area contributed by atoms with Crippen molar-refractivity contribution in [1.82, 2.24) is 0 Å². The topological polar surface area (TPSA) is 9.72 Å². The van der Waals surface area contributed by atoms with Gasteiger partial charge in [0.05, 0.1) is 11.4 Å². The van der Waals surface area contributed by atoms with Crippen LogP contribution in [0.15, 0.2) is 170 Å². The van der Waals surface area contributed by atoms with Crippen molar-refractivity contribution in [1.29, 1.82) is 0 Å². The van der Waals surface area contributed by atoms with Crippen LogP contribution in [0, 0.1) is 0 Å². The Bertz CT molecular complexity index is 3400. The molecule has 3 heterocycles. The number of hydrogen-bond donors (Lipinski definition) is 0. The van der Waals surface area contributed by atoms with Gasteiger partial charge in [0.25, 0.3) is 6.71 Å². The summed E-state index contributed by atoms with van der Waals surface area (Å²) in [4.78, 5) is 7.79. The average molecular weight is 926 g/mol. The number of anilines is 9. The summed E-state index contributed by atoms with van der Waals surface area (Å²) in [7, 11) is 0. The SMILES string of the molecule is CC(C)(C)c1cccc(N2c3cc(C(C)(C)C)ccc3B3c4cc5c6cc4N(c4ccc(C(C)(C)C)cc4-c4cccc(c4)C6(C)CCC5(C)C)c4cc(N(c5ccccc5)c5ccccc5)cc2c43)c1. The van der Waals surface area contributed by atoms with E-state index in [9.17, 15) is 0 Å². The van der Waals surface area contributed by atoms with Gasteiger partial charge in [-0.05, 0) is 163 Å². The highest BCUT2D eigenvalue weighted by atomic mass is 15.2. The number of benzene rings is 8. The van der Waals surface area contributed by atoms with Crippen molar-refractivity contribution in [2.45, 2.75) is 123 Å². The van der Waals surface area contributed by atoms with Crippen molar-refractivity contribution in [3.63, 3.8) is 0 Å². The Kier molecular flexibility index (Phi) is 9.98. The Morgan fingerprint density at radius 1 is 0.437 bits per heavy atom. The minimum absolute atomic E-state index is 0.0121. The van der Waals surface area contributed by atoms with Crippen molar-refractivity contribution < 1.29 is 0 Å². The number of para-hydroxylation sites is 2. The molecule has 1 atom stereocenters. The first-order valence-electron chi connectivity index (χ1n) is 26.1. The molecule has 4 aliphatic rings. The highest BCUT2D eigenvalue weighted by Gasteiger charge is 2.49. The molecular formula is C67H68BN3. The highest BCUT2D eigenvalue weighted by molar-refractivity contribution is 7.00.